The molecule has 1 aromatic rings. The zero-order chi connectivity index (χ0) is 13.7. The lowest BCUT2D eigenvalue weighted by Crippen LogP contribution is -2.01. The molecule has 0 aliphatic carbocycles. The van der Waals surface area contributed by atoms with Crippen molar-refractivity contribution in [2.24, 2.45) is 11.7 Å². The first-order valence-corrected chi connectivity index (χ1v) is 6.57. The van der Waals surface area contributed by atoms with Crippen LogP contribution in [0.1, 0.15) is 37.0 Å². The Bertz CT molecular complexity index is 433. The van der Waals surface area contributed by atoms with Crippen LogP contribution in [0.25, 0.3) is 5.57 Å². The summed E-state index contributed by atoms with van der Waals surface area (Å²) in [5.41, 5.74) is 10.7. The maximum atomic E-state index is 5.60. The van der Waals surface area contributed by atoms with Gasteiger partial charge in [0.05, 0.1) is 7.11 Å². The SMILES string of the molecule is COc1cc(C)c(/C(=C/CCN)C(C)C)cc1C. The first-order chi connectivity index (χ1) is 8.51. The first-order valence-electron chi connectivity index (χ1n) is 6.57. The minimum atomic E-state index is 0.503. The summed E-state index contributed by atoms with van der Waals surface area (Å²) in [7, 11) is 1.72. The van der Waals surface area contributed by atoms with Gasteiger partial charge in [0.25, 0.3) is 0 Å². The molecule has 0 saturated carbocycles. The third kappa shape index (κ3) is 3.36. The summed E-state index contributed by atoms with van der Waals surface area (Å²) in [6.07, 6.45) is 3.19. The molecule has 0 aliphatic heterocycles. The van der Waals surface area contributed by atoms with E-state index in [4.69, 9.17) is 10.5 Å². The Morgan fingerprint density at radius 3 is 2.44 bits per heavy atom. The topological polar surface area (TPSA) is 35.2 Å². The summed E-state index contributed by atoms with van der Waals surface area (Å²) in [6.45, 7) is 9.37. The van der Waals surface area contributed by atoms with Crippen LogP contribution >= 0.6 is 0 Å². The lowest BCUT2D eigenvalue weighted by atomic mass is 9.90. The van der Waals surface area contributed by atoms with E-state index < -0.39 is 0 Å². The predicted molar refractivity (Wildman–Crippen MR) is 79.0 cm³/mol. The van der Waals surface area contributed by atoms with Gasteiger partial charge in [-0.1, -0.05) is 19.9 Å². The van der Waals surface area contributed by atoms with E-state index in [1.807, 2.05) is 0 Å². The third-order valence-electron chi connectivity index (χ3n) is 3.21. The van der Waals surface area contributed by atoms with E-state index >= 15 is 0 Å². The highest BCUT2D eigenvalue weighted by Gasteiger charge is 2.11. The van der Waals surface area contributed by atoms with Crippen molar-refractivity contribution < 1.29 is 4.74 Å². The van der Waals surface area contributed by atoms with Gasteiger partial charge < -0.3 is 10.5 Å². The summed E-state index contributed by atoms with van der Waals surface area (Å²) in [4.78, 5) is 0. The Morgan fingerprint density at radius 1 is 1.28 bits per heavy atom. The van der Waals surface area contributed by atoms with Crippen molar-refractivity contribution in [1.82, 2.24) is 0 Å². The van der Waals surface area contributed by atoms with Crippen LogP contribution in [0, 0.1) is 19.8 Å². The van der Waals surface area contributed by atoms with Gasteiger partial charge in [-0.15, -0.1) is 0 Å². The molecular weight excluding hydrogens is 222 g/mol. The maximum Gasteiger partial charge on any atom is 0.122 e. The Morgan fingerprint density at radius 2 is 1.94 bits per heavy atom. The summed E-state index contributed by atoms with van der Waals surface area (Å²) in [5.74, 6) is 1.46. The van der Waals surface area contributed by atoms with Crippen molar-refractivity contribution >= 4 is 5.57 Å². The minimum absolute atomic E-state index is 0.503. The smallest absolute Gasteiger partial charge is 0.122 e. The van der Waals surface area contributed by atoms with Crippen LogP contribution in [0.2, 0.25) is 0 Å². The molecule has 0 aliphatic rings. The molecule has 0 aromatic heterocycles. The molecular formula is C16H25NO. The summed E-state index contributed by atoms with van der Waals surface area (Å²) < 4.78 is 5.36. The number of hydrogen-bond donors (Lipinski definition) is 1. The van der Waals surface area contributed by atoms with Gasteiger partial charge in [-0.2, -0.15) is 0 Å². The van der Waals surface area contributed by atoms with Crippen LogP contribution in [0.15, 0.2) is 18.2 Å². The summed E-state index contributed by atoms with van der Waals surface area (Å²) in [5, 5.41) is 0. The number of nitrogens with two attached hydrogens (primary N) is 1. The fourth-order valence-corrected chi connectivity index (χ4v) is 2.22. The summed E-state index contributed by atoms with van der Waals surface area (Å²) in [6, 6.07) is 4.33. The average molecular weight is 247 g/mol. The van der Waals surface area contributed by atoms with Gasteiger partial charge in [-0.25, -0.2) is 0 Å². The molecule has 2 nitrogen and oxygen atoms in total. The number of methoxy groups -OCH3 is 1. The molecule has 0 atom stereocenters. The van der Waals surface area contributed by atoms with E-state index in [1.54, 1.807) is 7.11 Å². The van der Waals surface area contributed by atoms with Crippen molar-refractivity contribution in [2.45, 2.75) is 34.1 Å². The fraction of sp³-hybridized carbons (Fsp3) is 0.500. The Hall–Kier alpha value is -1.28. The molecule has 1 aromatic carbocycles. The molecule has 2 heteroatoms. The highest BCUT2D eigenvalue weighted by atomic mass is 16.5. The zero-order valence-corrected chi connectivity index (χ0v) is 12.2. The van der Waals surface area contributed by atoms with Gasteiger partial charge >= 0.3 is 0 Å². The quantitative estimate of drug-likeness (QED) is 0.861. The van der Waals surface area contributed by atoms with Crippen LogP contribution < -0.4 is 10.5 Å². The number of rotatable bonds is 5. The van der Waals surface area contributed by atoms with E-state index in [1.165, 1.54) is 22.3 Å². The molecule has 0 bridgehead atoms. The summed E-state index contributed by atoms with van der Waals surface area (Å²) >= 11 is 0. The number of allylic oxidation sites excluding steroid dienone is 1. The Kier molecular flexibility index (Phi) is 5.42. The maximum absolute atomic E-state index is 5.60. The van der Waals surface area contributed by atoms with E-state index in [2.05, 4.69) is 45.9 Å². The fourth-order valence-electron chi connectivity index (χ4n) is 2.22. The molecule has 0 fully saturated rings. The van der Waals surface area contributed by atoms with Crippen LogP contribution in [-0.4, -0.2) is 13.7 Å². The van der Waals surface area contributed by atoms with E-state index in [-0.39, 0.29) is 0 Å². The molecule has 18 heavy (non-hydrogen) atoms. The van der Waals surface area contributed by atoms with Crippen molar-refractivity contribution in [2.75, 3.05) is 13.7 Å². The van der Waals surface area contributed by atoms with Crippen LogP contribution in [0.4, 0.5) is 0 Å². The number of hydrogen-bond acceptors (Lipinski definition) is 2. The molecule has 0 radical (unpaired) electrons. The molecule has 0 saturated heterocycles. The average Bonchev–Trinajstić information content (AvgIpc) is 2.32. The molecule has 0 unspecified atom stereocenters. The van der Waals surface area contributed by atoms with Gasteiger partial charge in [-0.05, 0) is 67.1 Å². The van der Waals surface area contributed by atoms with Crippen molar-refractivity contribution in [1.29, 1.82) is 0 Å². The van der Waals surface area contributed by atoms with E-state index in [0.717, 1.165) is 12.2 Å². The van der Waals surface area contributed by atoms with Gasteiger partial charge in [0, 0.05) is 0 Å². The van der Waals surface area contributed by atoms with Gasteiger partial charge in [0.15, 0.2) is 0 Å². The molecule has 0 spiro atoms. The van der Waals surface area contributed by atoms with Gasteiger partial charge in [0.2, 0.25) is 0 Å². The largest absolute Gasteiger partial charge is 0.496 e. The molecule has 2 N–H and O–H groups in total. The molecule has 100 valence electrons. The second-order valence-corrected chi connectivity index (χ2v) is 5.03. The van der Waals surface area contributed by atoms with Crippen LogP contribution in [0.3, 0.4) is 0 Å². The van der Waals surface area contributed by atoms with Crippen LogP contribution in [-0.2, 0) is 0 Å². The second-order valence-electron chi connectivity index (χ2n) is 5.03. The molecule has 0 heterocycles. The highest BCUT2D eigenvalue weighted by molar-refractivity contribution is 5.71. The normalized spacial score (nSPS) is 12.1. The Labute approximate surface area is 111 Å². The molecule has 0 amide bonds. The lowest BCUT2D eigenvalue weighted by Gasteiger charge is -2.17. The van der Waals surface area contributed by atoms with Crippen molar-refractivity contribution in [3.63, 3.8) is 0 Å². The first kappa shape index (κ1) is 14.8. The number of ether oxygens (including phenoxy) is 1. The molecule has 1 rings (SSSR count). The van der Waals surface area contributed by atoms with Crippen molar-refractivity contribution in [3.05, 3.63) is 34.9 Å². The standard InChI is InChI=1S/C16H25NO/c1-11(2)14(7-6-8-17)15-9-13(4)16(18-5)10-12(15)3/h7,9-11H,6,8,17H2,1-5H3/b14-7+. The monoisotopic (exact) mass is 247 g/mol. The van der Waals surface area contributed by atoms with E-state index in [9.17, 15) is 0 Å². The lowest BCUT2D eigenvalue weighted by molar-refractivity contribution is 0.411. The van der Waals surface area contributed by atoms with Crippen molar-refractivity contribution in [3.8, 4) is 5.75 Å². The van der Waals surface area contributed by atoms with E-state index in [0.29, 0.717) is 12.5 Å². The Balaban J connectivity index is 3.25. The number of aryl methyl sites for hydroxylation is 2. The predicted octanol–water partition coefficient (Wildman–Crippen LogP) is 3.70. The highest BCUT2D eigenvalue weighted by Crippen LogP contribution is 2.31. The van der Waals surface area contributed by atoms with Crippen LogP contribution in [0.5, 0.6) is 5.75 Å². The number of benzene rings is 1. The third-order valence-corrected chi connectivity index (χ3v) is 3.21. The second kappa shape index (κ2) is 6.60. The zero-order valence-electron chi connectivity index (χ0n) is 12.2. The van der Waals surface area contributed by atoms with Gasteiger partial charge in [0.1, 0.15) is 5.75 Å². The van der Waals surface area contributed by atoms with Gasteiger partial charge in [-0.3, -0.25) is 0 Å². The minimum Gasteiger partial charge on any atom is -0.496 e.